The van der Waals surface area contributed by atoms with Crippen LogP contribution in [0.4, 0.5) is 15.9 Å². The van der Waals surface area contributed by atoms with E-state index in [-0.39, 0.29) is 35.6 Å². The lowest BCUT2D eigenvalue weighted by Gasteiger charge is -2.35. The molecule has 1 saturated carbocycles. The van der Waals surface area contributed by atoms with Crippen LogP contribution in [0.3, 0.4) is 0 Å². The molecule has 2 aromatic rings. The molecule has 1 aromatic heterocycles. The maximum atomic E-state index is 14.0. The molecule has 7 nitrogen and oxygen atoms in total. The number of likely N-dealkylation sites (tertiary alicyclic amines) is 1. The van der Waals surface area contributed by atoms with Gasteiger partial charge in [0.25, 0.3) is 0 Å². The highest BCUT2D eigenvalue weighted by atomic mass is 19.1. The average Bonchev–Trinajstić information content (AvgIpc) is 3.41. The molecule has 36 heavy (non-hydrogen) atoms. The zero-order chi connectivity index (χ0) is 25.7. The van der Waals surface area contributed by atoms with Crippen LogP contribution >= 0.6 is 0 Å². The van der Waals surface area contributed by atoms with E-state index in [1.165, 1.54) is 18.6 Å². The number of hydrogen-bond donors (Lipinski definition) is 2. The third-order valence-electron chi connectivity index (χ3n) is 7.70. The molecule has 2 fully saturated rings. The van der Waals surface area contributed by atoms with Crippen molar-refractivity contribution >= 4 is 23.3 Å². The summed E-state index contributed by atoms with van der Waals surface area (Å²) in [5.41, 5.74) is 1.67. The Balaban J connectivity index is 1.56. The number of anilines is 2. The minimum atomic E-state index is -0.515. The van der Waals surface area contributed by atoms with Crippen LogP contribution in [0.25, 0.3) is 0 Å². The van der Waals surface area contributed by atoms with Gasteiger partial charge >= 0.3 is 0 Å². The molecule has 2 heterocycles. The molecule has 8 heteroatoms. The quantitative estimate of drug-likeness (QED) is 0.570. The molecule has 2 N–H and O–H groups in total. The van der Waals surface area contributed by atoms with Gasteiger partial charge in [-0.1, -0.05) is 25.3 Å². The number of aromatic nitrogens is 1. The minimum Gasteiger partial charge on any atom is -0.343 e. The number of likely N-dealkylation sites (N-methyl/N-ethyl adjacent to an activating group) is 1. The molecule has 4 rings (SSSR count). The molecule has 1 saturated heterocycles. The maximum Gasteiger partial charge on any atom is 0.246 e. The molecule has 1 aliphatic carbocycles. The van der Waals surface area contributed by atoms with Crippen molar-refractivity contribution < 1.29 is 14.0 Å². The van der Waals surface area contributed by atoms with Crippen molar-refractivity contribution in [1.29, 1.82) is 0 Å². The van der Waals surface area contributed by atoms with Gasteiger partial charge in [-0.3, -0.25) is 9.59 Å². The first-order valence-electron chi connectivity index (χ1n) is 13.1. The Hall–Kier alpha value is -3.00. The van der Waals surface area contributed by atoms with E-state index in [1.807, 2.05) is 42.0 Å². The van der Waals surface area contributed by atoms with E-state index in [0.717, 1.165) is 55.7 Å². The molecule has 2 aliphatic rings. The van der Waals surface area contributed by atoms with Gasteiger partial charge in [0.15, 0.2) is 0 Å². The van der Waals surface area contributed by atoms with Crippen LogP contribution in [0.2, 0.25) is 0 Å². The van der Waals surface area contributed by atoms with E-state index in [1.54, 1.807) is 19.2 Å². The Morgan fingerprint density at radius 1 is 1.06 bits per heavy atom. The number of carbonyl (C=O) groups excluding carboxylic acids is 2. The number of pyridine rings is 1. The fourth-order valence-electron chi connectivity index (χ4n) is 5.38. The summed E-state index contributed by atoms with van der Waals surface area (Å²) < 4.78 is 13.4. The lowest BCUT2D eigenvalue weighted by molar-refractivity contribution is -0.139. The first kappa shape index (κ1) is 26.1. The first-order valence-corrected chi connectivity index (χ1v) is 13.1. The third-order valence-corrected chi connectivity index (χ3v) is 7.70. The van der Waals surface area contributed by atoms with Gasteiger partial charge in [0, 0.05) is 19.3 Å². The van der Waals surface area contributed by atoms with Crippen molar-refractivity contribution in [3.8, 4) is 0 Å². The fraction of sp³-hybridized carbons (Fsp3) is 0.536. The largest absolute Gasteiger partial charge is 0.343 e. The minimum absolute atomic E-state index is 0.000135. The van der Waals surface area contributed by atoms with Crippen molar-refractivity contribution in [2.24, 2.45) is 5.92 Å². The average molecular weight is 496 g/mol. The first-order chi connectivity index (χ1) is 17.4. The fourth-order valence-corrected chi connectivity index (χ4v) is 5.38. The van der Waals surface area contributed by atoms with E-state index >= 15 is 0 Å². The molecule has 0 bridgehead atoms. The highest BCUT2D eigenvalue weighted by molar-refractivity contribution is 5.90. The lowest BCUT2D eigenvalue weighted by Crippen LogP contribution is -2.55. The van der Waals surface area contributed by atoms with Gasteiger partial charge in [-0.15, -0.1) is 0 Å². The number of nitrogens with one attached hydrogen (secondary N) is 2. The Bertz CT molecular complexity index is 1040. The molecular formula is C28H38FN5O2. The van der Waals surface area contributed by atoms with E-state index in [0.29, 0.717) is 6.54 Å². The molecule has 2 amide bonds. The second kappa shape index (κ2) is 11.8. The third kappa shape index (κ3) is 5.86. The highest BCUT2D eigenvalue weighted by Gasteiger charge is 2.39. The summed E-state index contributed by atoms with van der Waals surface area (Å²) in [7, 11) is 3.65. The summed E-state index contributed by atoms with van der Waals surface area (Å²) in [6.07, 6.45) is 7.01. The van der Waals surface area contributed by atoms with E-state index in [2.05, 4.69) is 10.6 Å². The van der Waals surface area contributed by atoms with Gasteiger partial charge in [0.05, 0.1) is 17.8 Å². The second-order valence-electron chi connectivity index (χ2n) is 10.0. The summed E-state index contributed by atoms with van der Waals surface area (Å²) in [5.74, 6) is 0.471. The monoisotopic (exact) mass is 495 g/mol. The van der Waals surface area contributed by atoms with Crippen LogP contribution in [0.5, 0.6) is 0 Å². The Kier molecular flexibility index (Phi) is 8.56. The molecule has 3 atom stereocenters. The van der Waals surface area contributed by atoms with Crippen molar-refractivity contribution in [3.63, 3.8) is 0 Å². The van der Waals surface area contributed by atoms with Crippen LogP contribution in [0, 0.1) is 11.7 Å². The number of hydrogen-bond acceptors (Lipinski definition) is 5. The van der Waals surface area contributed by atoms with E-state index in [4.69, 9.17) is 4.98 Å². The zero-order valence-corrected chi connectivity index (χ0v) is 21.5. The Morgan fingerprint density at radius 3 is 2.47 bits per heavy atom. The SMILES string of the molecule is CN[C@@H](C)C(=O)N[C@H](C(=O)N1CCC[C@H]1c1cccc(N(C)c2ccc(F)cc2)n1)C1CCCCC1. The summed E-state index contributed by atoms with van der Waals surface area (Å²) >= 11 is 0. The number of carbonyl (C=O) groups is 2. The van der Waals surface area contributed by atoms with Crippen LogP contribution in [-0.2, 0) is 9.59 Å². The molecule has 0 spiro atoms. The van der Waals surface area contributed by atoms with Crippen LogP contribution < -0.4 is 15.5 Å². The summed E-state index contributed by atoms with van der Waals surface area (Å²) in [5, 5.41) is 6.07. The van der Waals surface area contributed by atoms with Crippen molar-refractivity contribution in [2.45, 2.75) is 70.0 Å². The van der Waals surface area contributed by atoms with Crippen LogP contribution in [-0.4, -0.2) is 54.4 Å². The summed E-state index contributed by atoms with van der Waals surface area (Å²) in [4.78, 5) is 35.5. The van der Waals surface area contributed by atoms with Gasteiger partial charge in [-0.25, -0.2) is 9.37 Å². The Morgan fingerprint density at radius 2 is 1.78 bits per heavy atom. The van der Waals surface area contributed by atoms with Crippen molar-refractivity contribution in [1.82, 2.24) is 20.5 Å². The zero-order valence-electron chi connectivity index (χ0n) is 21.5. The van der Waals surface area contributed by atoms with Gasteiger partial charge in [0.2, 0.25) is 11.8 Å². The second-order valence-corrected chi connectivity index (χ2v) is 10.0. The summed E-state index contributed by atoms with van der Waals surface area (Å²) in [6.45, 7) is 2.47. The topological polar surface area (TPSA) is 77.6 Å². The normalized spacial score (nSPS) is 20.1. The van der Waals surface area contributed by atoms with Gasteiger partial charge in [-0.05, 0) is 82.0 Å². The van der Waals surface area contributed by atoms with Crippen molar-refractivity contribution in [3.05, 3.63) is 54.0 Å². The predicted molar refractivity (Wildman–Crippen MR) is 139 cm³/mol. The number of benzene rings is 1. The van der Waals surface area contributed by atoms with Gasteiger partial charge in [0.1, 0.15) is 17.7 Å². The van der Waals surface area contributed by atoms with E-state index < -0.39 is 6.04 Å². The van der Waals surface area contributed by atoms with Gasteiger partial charge in [-0.2, -0.15) is 0 Å². The van der Waals surface area contributed by atoms with Crippen LogP contribution in [0.15, 0.2) is 42.5 Å². The lowest BCUT2D eigenvalue weighted by atomic mass is 9.83. The van der Waals surface area contributed by atoms with Gasteiger partial charge < -0.3 is 20.4 Å². The number of amides is 2. The Labute approximate surface area is 213 Å². The molecule has 1 aromatic carbocycles. The number of nitrogens with zero attached hydrogens (tertiary/aromatic N) is 3. The van der Waals surface area contributed by atoms with Crippen LogP contribution in [0.1, 0.15) is 63.6 Å². The molecular weight excluding hydrogens is 457 g/mol. The smallest absolute Gasteiger partial charge is 0.246 e. The molecule has 1 aliphatic heterocycles. The van der Waals surface area contributed by atoms with Crippen molar-refractivity contribution in [2.75, 3.05) is 25.5 Å². The van der Waals surface area contributed by atoms with E-state index in [9.17, 15) is 14.0 Å². The summed E-state index contributed by atoms with van der Waals surface area (Å²) in [6, 6.07) is 11.1. The molecule has 194 valence electrons. The number of rotatable bonds is 8. The predicted octanol–water partition coefficient (Wildman–Crippen LogP) is 4.33. The standard InChI is InChI=1S/C28H38FN5O2/c1-19(30-2)27(35)32-26(20-9-5-4-6-10-20)28(36)34-18-8-12-24(34)23-11-7-13-25(31-23)33(3)22-16-14-21(29)15-17-22/h7,11,13-17,19-20,24,26,30H,4-6,8-10,12,18H2,1-3H3,(H,32,35)/t19-,24-,26-/m0/s1. The molecule has 0 unspecified atom stereocenters. The highest BCUT2D eigenvalue weighted by Crippen LogP contribution is 2.35. The maximum absolute atomic E-state index is 14.0. The number of halogens is 1. The molecule has 0 radical (unpaired) electrons.